The van der Waals surface area contributed by atoms with Gasteiger partial charge < -0.3 is 10.4 Å². The van der Waals surface area contributed by atoms with Crippen LogP contribution >= 0.6 is 11.5 Å². The third-order valence-corrected chi connectivity index (χ3v) is 5.87. The Hall–Kier alpha value is -0.720. The van der Waals surface area contributed by atoms with Gasteiger partial charge in [-0.2, -0.15) is 0 Å². The number of likely N-dealkylation sites (tertiary alicyclic amines) is 1. The zero-order valence-corrected chi connectivity index (χ0v) is 11.2. The Labute approximate surface area is 110 Å². The SMILES string of the molecule is CNc1snnc1CN1CC2CC3CC2C1C3O. The highest BCUT2D eigenvalue weighted by Crippen LogP contribution is 2.55. The second-order valence-corrected chi connectivity index (χ2v) is 6.62. The molecule has 0 aromatic carbocycles. The van der Waals surface area contributed by atoms with Gasteiger partial charge in [-0.25, -0.2) is 0 Å². The van der Waals surface area contributed by atoms with E-state index in [2.05, 4.69) is 19.8 Å². The van der Waals surface area contributed by atoms with E-state index in [0.29, 0.717) is 12.0 Å². The van der Waals surface area contributed by atoms with Crippen molar-refractivity contribution in [2.45, 2.75) is 31.5 Å². The lowest BCUT2D eigenvalue weighted by Gasteiger charge is -2.28. The van der Waals surface area contributed by atoms with E-state index in [0.717, 1.165) is 35.6 Å². The van der Waals surface area contributed by atoms with Crippen LogP contribution in [0.3, 0.4) is 0 Å². The molecule has 0 spiro atoms. The zero-order valence-electron chi connectivity index (χ0n) is 10.4. The van der Waals surface area contributed by atoms with Crippen LogP contribution in [-0.4, -0.2) is 45.3 Å². The van der Waals surface area contributed by atoms with E-state index in [1.807, 2.05) is 7.05 Å². The minimum atomic E-state index is -0.113. The summed E-state index contributed by atoms with van der Waals surface area (Å²) in [6, 6.07) is 0.375. The molecule has 2 N–H and O–H groups in total. The summed E-state index contributed by atoms with van der Waals surface area (Å²) < 4.78 is 4.01. The van der Waals surface area contributed by atoms with Gasteiger partial charge in [0.25, 0.3) is 0 Å². The summed E-state index contributed by atoms with van der Waals surface area (Å²) in [5, 5.41) is 18.8. The summed E-state index contributed by atoms with van der Waals surface area (Å²) in [6.07, 6.45) is 2.35. The van der Waals surface area contributed by atoms with Crippen LogP contribution in [0.4, 0.5) is 5.00 Å². The summed E-state index contributed by atoms with van der Waals surface area (Å²) in [6.45, 7) is 1.96. The molecule has 2 saturated carbocycles. The lowest BCUT2D eigenvalue weighted by molar-refractivity contribution is 0.0481. The van der Waals surface area contributed by atoms with E-state index in [1.54, 1.807) is 0 Å². The fourth-order valence-electron chi connectivity index (χ4n) is 4.42. The molecule has 18 heavy (non-hydrogen) atoms. The molecule has 98 valence electrons. The van der Waals surface area contributed by atoms with Crippen molar-refractivity contribution >= 4 is 16.5 Å². The van der Waals surface area contributed by atoms with E-state index < -0.39 is 0 Å². The van der Waals surface area contributed by atoms with Gasteiger partial charge in [0.1, 0.15) is 10.7 Å². The maximum absolute atomic E-state index is 10.3. The largest absolute Gasteiger partial charge is 0.391 e. The van der Waals surface area contributed by atoms with Crippen LogP contribution in [0.15, 0.2) is 0 Å². The molecule has 5 unspecified atom stereocenters. The Balaban J connectivity index is 1.57. The van der Waals surface area contributed by atoms with Gasteiger partial charge in [0.2, 0.25) is 0 Å². The van der Waals surface area contributed by atoms with Crippen LogP contribution in [0.5, 0.6) is 0 Å². The highest BCUT2D eigenvalue weighted by atomic mass is 32.1. The molecule has 2 bridgehead atoms. The maximum Gasteiger partial charge on any atom is 0.134 e. The van der Waals surface area contributed by atoms with Crippen LogP contribution in [0.2, 0.25) is 0 Å². The number of hydrogen-bond donors (Lipinski definition) is 2. The summed E-state index contributed by atoms with van der Waals surface area (Å²) >= 11 is 1.41. The lowest BCUT2D eigenvalue weighted by Crippen LogP contribution is -2.40. The first kappa shape index (κ1) is 11.1. The van der Waals surface area contributed by atoms with Gasteiger partial charge >= 0.3 is 0 Å². The first-order valence-corrected chi connectivity index (χ1v) is 7.46. The minimum absolute atomic E-state index is 0.113. The van der Waals surface area contributed by atoms with Crippen LogP contribution in [0.1, 0.15) is 18.5 Å². The van der Waals surface area contributed by atoms with Gasteiger partial charge in [-0.1, -0.05) is 4.49 Å². The number of hydrogen-bond acceptors (Lipinski definition) is 6. The fourth-order valence-corrected chi connectivity index (χ4v) is 4.94. The second-order valence-electron chi connectivity index (χ2n) is 5.86. The molecule has 5 atom stereocenters. The van der Waals surface area contributed by atoms with Crippen LogP contribution in [0, 0.1) is 17.8 Å². The number of nitrogens with zero attached hydrogens (tertiary/aromatic N) is 3. The molecule has 2 aliphatic carbocycles. The van der Waals surface area contributed by atoms with E-state index >= 15 is 0 Å². The molecule has 6 heteroatoms. The van der Waals surface area contributed by atoms with Crippen molar-refractivity contribution in [3.63, 3.8) is 0 Å². The van der Waals surface area contributed by atoms with E-state index in [1.165, 1.54) is 24.4 Å². The average Bonchev–Trinajstić information content (AvgIpc) is 3.04. The summed E-state index contributed by atoms with van der Waals surface area (Å²) in [7, 11) is 1.91. The van der Waals surface area contributed by atoms with Crippen LogP contribution < -0.4 is 5.32 Å². The number of aliphatic hydroxyl groups is 1. The number of fused-ring (bicyclic) bond motifs is 1. The molecule has 0 radical (unpaired) electrons. The minimum Gasteiger partial charge on any atom is -0.391 e. The molecule has 2 heterocycles. The molecule has 4 rings (SSSR count). The zero-order chi connectivity index (χ0) is 12.3. The van der Waals surface area contributed by atoms with Gasteiger partial charge in [0.15, 0.2) is 0 Å². The first-order chi connectivity index (χ1) is 8.78. The standard InChI is InChI=1S/C12H18N4OS/c1-13-12-9(14-15-18-12)5-16-4-7-2-6-3-8(7)10(16)11(6)17/h6-8,10-11,13,17H,2-5H2,1H3. The second kappa shape index (κ2) is 3.88. The van der Waals surface area contributed by atoms with Gasteiger partial charge in [-0.3, -0.25) is 4.90 Å². The number of anilines is 1. The normalized spacial score (nSPS) is 41.8. The molecule has 1 aliphatic heterocycles. The summed E-state index contributed by atoms with van der Waals surface area (Å²) in [5.74, 6) is 2.11. The van der Waals surface area contributed by atoms with Crippen molar-refractivity contribution in [3.8, 4) is 0 Å². The van der Waals surface area contributed by atoms with Crippen molar-refractivity contribution in [2.75, 3.05) is 18.9 Å². The van der Waals surface area contributed by atoms with Gasteiger partial charge in [-0.15, -0.1) is 5.10 Å². The third-order valence-electron chi connectivity index (χ3n) is 5.08. The maximum atomic E-state index is 10.3. The number of nitrogens with one attached hydrogen (secondary N) is 1. The molecular weight excluding hydrogens is 248 g/mol. The van der Waals surface area contributed by atoms with Crippen molar-refractivity contribution in [3.05, 3.63) is 5.69 Å². The highest BCUT2D eigenvalue weighted by Gasteiger charge is 2.58. The van der Waals surface area contributed by atoms with Crippen LogP contribution in [-0.2, 0) is 6.54 Å². The van der Waals surface area contributed by atoms with Gasteiger partial charge in [0.05, 0.1) is 6.10 Å². The van der Waals surface area contributed by atoms with Crippen molar-refractivity contribution < 1.29 is 5.11 Å². The van der Waals surface area contributed by atoms with Crippen LogP contribution in [0.25, 0.3) is 0 Å². The Morgan fingerprint density at radius 3 is 3.11 bits per heavy atom. The molecule has 3 aliphatic rings. The number of aliphatic hydroxyl groups excluding tert-OH is 1. The predicted octanol–water partition coefficient (Wildman–Crippen LogP) is 0.781. The molecule has 1 saturated heterocycles. The molecule has 1 aromatic heterocycles. The molecule has 5 nitrogen and oxygen atoms in total. The molecule has 3 fully saturated rings. The Morgan fingerprint density at radius 2 is 2.33 bits per heavy atom. The summed E-state index contributed by atoms with van der Waals surface area (Å²) in [5.41, 5.74) is 1.03. The predicted molar refractivity (Wildman–Crippen MR) is 69.4 cm³/mol. The quantitative estimate of drug-likeness (QED) is 0.846. The van der Waals surface area contributed by atoms with Gasteiger partial charge in [-0.05, 0) is 30.6 Å². The monoisotopic (exact) mass is 266 g/mol. The number of aromatic nitrogens is 2. The van der Waals surface area contributed by atoms with Crippen molar-refractivity contribution in [2.24, 2.45) is 17.8 Å². The molecular formula is C12H18N4OS. The Bertz CT molecular complexity index is 463. The number of rotatable bonds is 3. The lowest BCUT2D eigenvalue weighted by atomic mass is 9.88. The van der Waals surface area contributed by atoms with Crippen molar-refractivity contribution in [1.82, 2.24) is 14.5 Å². The Morgan fingerprint density at radius 1 is 1.44 bits per heavy atom. The molecule has 1 aromatic rings. The fraction of sp³-hybridized carbons (Fsp3) is 0.833. The van der Waals surface area contributed by atoms with E-state index in [4.69, 9.17) is 0 Å². The van der Waals surface area contributed by atoms with Gasteiger partial charge in [0, 0.05) is 37.7 Å². The topological polar surface area (TPSA) is 61.3 Å². The highest BCUT2D eigenvalue weighted by molar-refractivity contribution is 7.10. The summed E-state index contributed by atoms with van der Waals surface area (Å²) in [4.78, 5) is 2.44. The van der Waals surface area contributed by atoms with E-state index in [9.17, 15) is 5.11 Å². The average molecular weight is 266 g/mol. The Kier molecular flexibility index (Phi) is 2.40. The third kappa shape index (κ3) is 1.39. The van der Waals surface area contributed by atoms with Crippen molar-refractivity contribution in [1.29, 1.82) is 0 Å². The first-order valence-electron chi connectivity index (χ1n) is 6.69. The van der Waals surface area contributed by atoms with E-state index in [-0.39, 0.29) is 6.10 Å². The molecule has 0 amide bonds. The smallest absolute Gasteiger partial charge is 0.134 e.